The number of likely N-dealkylation sites (tertiary alicyclic amines) is 1. The van der Waals surface area contributed by atoms with Crippen molar-refractivity contribution in [3.8, 4) is 0 Å². The van der Waals surface area contributed by atoms with E-state index < -0.39 is 11.5 Å². The second-order valence-corrected chi connectivity index (χ2v) is 6.67. The van der Waals surface area contributed by atoms with Crippen molar-refractivity contribution in [3.63, 3.8) is 0 Å². The molecule has 2 N–H and O–H groups in total. The maximum atomic E-state index is 12.2. The van der Waals surface area contributed by atoms with Crippen LogP contribution in [-0.4, -0.2) is 51.6 Å². The van der Waals surface area contributed by atoms with Crippen molar-refractivity contribution < 1.29 is 14.7 Å². The minimum Gasteiger partial charge on any atom is -0.479 e. The van der Waals surface area contributed by atoms with Gasteiger partial charge in [0.2, 0.25) is 0 Å². The van der Waals surface area contributed by atoms with Crippen LogP contribution in [0, 0.1) is 0 Å². The first-order valence-electron chi connectivity index (χ1n) is 7.00. The molecule has 2 aliphatic rings. The molecule has 0 aliphatic carbocycles. The average Bonchev–Trinajstić information content (AvgIpc) is 3.05. The van der Waals surface area contributed by atoms with E-state index in [1.165, 1.54) is 11.3 Å². The first kappa shape index (κ1) is 14.5. The summed E-state index contributed by atoms with van der Waals surface area (Å²) in [5.74, 6) is 0.288. The molecule has 0 aromatic heterocycles. The number of hydrogen-bond acceptors (Lipinski definition) is 3. The predicted molar refractivity (Wildman–Crippen MR) is 75.5 cm³/mol. The number of nitrogens with zero attached hydrogens (tertiary/aromatic N) is 1. The Morgan fingerprint density at radius 1 is 1.47 bits per heavy atom. The third kappa shape index (κ3) is 2.83. The van der Waals surface area contributed by atoms with Gasteiger partial charge in [0.05, 0.1) is 0 Å². The van der Waals surface area contributed by atoms with Crippen molar-refractivity contribution in [1.29, 1.82) is 0 Å². The third-order valence-electron chi connectivity index (χ3n) is 4.22. The van der Waals surface area contributed by atoms with E-state index in [-0.39, 0.29) is 6.03 Å². The highest BCUT2D eigenvalue weighted by molar-refractivity contribution is 8.00. The van der Waals surface area contributed by atoms with Gasteiger partial charge in [0.1, 0.15) is 5.54 Å². The number of rotatable bonds is 4. The summed E-state index contributed by atoms with van der Waals surface area (Å²) < 4.78 is 0. The summed E-state index contributed by atoms with van der Waals surface area (Å²) in [5.41, 5.74) is -0.993. The van der Waals surface area contributed by atoms with Gasteiger partial charge in [0.25, 0.3) is 0 Å². The zero-order valence-electron chi connectivity index (χ0n) is 11.4. The van der Waals surface area contributed by atoms with Gasteiger partial charge >= 0.3 is 12.0 Å². The standard InChI is InChI=1S/C13H22N2O3S/c1-2-13(11(16)17)6-4-7-15(13)12(18)14-9-10-5-3-8-19-10/h10H,2-9H2,1H3,(H,14,18)(H,16,17). The highest BCUT2D eigenvalue weighted by Gasteiger charge is 2.48. The molecule has 2 heterocycles. The molecule has 2 aliphatic heterocycles. The number of carbonyl (C=O) groups excluding carboxylic acids is 1. The Hall–Kier alpha value is -0.910. The number of carbonyl (C=O) groups is 2. The fourth-order valence-electron chi connectivity index (χ4n) is 3.02. The van der Waals surface area contributed by atoms with Crippen LogP contribution in [0.4, 0.5) is 4.79 Å². The van der Waals surface area contributed by atoms with Crippen molar-refractivity contribution in [2.24, 2.45) is 0 Å². The molecular weight excluding hydrogens is 264 g/mol. The second kappa shape index (κ2) is 6.03. The lowest BCUT2D eigenvalue weighted by molar-refractivity contribution is -0.148. The van der Waals surface area contributed by atoms with Gasteiger partial charge in [-0.25, -0.2) is 9.59 Å². The van der Waals surface area contributed by atoms with E-state index in [9.17, 15) is 14.7 Å². The number of amides is 2. The zero-order valence-corrected chi connectivity index (χ0v) is 12.2. The molecule has 2 amide bonds. The molecule has 2 atom stereocenters. The molecule has 0 aromatic carbocycles. The van der Waals surface area contributed by atoms with Crippen LogP contribution in [-0.2, 0) is 4.79 Å². The number of aliphatic carboxylic acids is 1. The molecule has 0 radical (unpaired) electrons. The lowest BCUT2D eigenvalue weighted by Gasteiger charge is -2.34. The molecule has 0 aromatic rings. The largest absolute Gasteiger partial charge is 0.479 e. The summed E-state index contributed by atoms with van der Waals surface area (Å²) in [6.07, 6.45) is 4.15. The summed E-state index contributed by atoms with van der Waals surface area (Å²) >= 11 is 1.89. The molecule has 0 spiro atoms. The van der Waals surface area contributed by atoms with E-state index in [1.807, 2.05) is 18.7 Å². The quantitative estimate of drug-likeness (QED) is 0.828. The van der Waals surface area contributed by atoms with Gasteiger partial charge < -0.3 is 15.3 Å². The van der Waals surface area contributed by atoms with E-state index in [1.54, 1.807) is 0 Å². The third-order valence-corrected chi connectivity index (χ3v) is 5.62. The molecule has 2 rings (SSSR count). The van der Waals surface area contributed by atoms with Gasteiger partial charge in [-0.15, -0.1) is 0 Å². The van der Waals surface area contributed by atoms with Crippen molar-refractivity contribution in [2.45, 2.75) is 49.8 Å². The Kier molecular flexibility index (Phi) is 4.60. The Morgan fingerprint density at radius 2 is 2.26 bits per heavy atom. The molecule has 0 bridgehead atoms. The number of carboxylic acid groups (broad SMARTS) is 1. The van der Waals surface area contributed by atoms with Gasteiger partial charge in [-0.05, 0) is 37.9 Å². The molecular formula is C13H22N2O3S. The van der Waals surface area contributed by atoms with Crippen LogP contribution in [0.3, 0.4) is 0 Å². The lowest BCUT2D eigenvalue weighted by Crippen LogP contribution is -2.56. The number of nitrogens with one attached hydrogen (secondary N) is 1. The minimum absolute atomic E-state index is 0.214. The van der Waals surface area contributed by atoms with Crippen LogP contribution in [0.25, 0.3) is 0 Å². The number of hydrogen-bond donors (Lipinski definition) is 2. The minimum atomic E-state index is -0.993. The molecule has 2 fully saturated rings. The second-order valence-electron chi connectivity index (χ2n) is 5.27. The van der Waals surface area contributed by atoms with Crippen LogP contribution in [0.5, 0.6) is 0 Å². The summed E-state index contributed by atoms with van der Waals surface area (Å²) in [6.45, 7) is 3.04. The van der Waals surface area contributed by atoms with E-state index in [2.05, 4.69) is 5.32 Å². The Morgan fingerprint density at radius 3 is 2.84 bits per heavy atom. The van der Waals surface area contributed by atoms with Crippen LogP contribution in [0.1, 0.15) is 39.0 Å². The fraction of sp³-hybridized carbons (Fsp3) is 0.846. The average molecular weight is 286 g/mol. The highest BCUT2D eigenvalue weighted by atomic mass is 32.2. The van der Waals surface area contributed by atoms with Crippen molar-refractivity contribution in [3.05, 3.63) is 0 Å². The first-order chi connectivity index (χ1) is 9.10. The molecule has 0 saturated carbocycles. The maximum Gasteiger partial charge on any atom is 0.329 e. The Balaban J connectivity index is 1.95. The smallest absolute Gasteiger partial charge is 0.329 e. The zero-order chi connectivity index (χ0) is 13.9. The summed E-state index contributed by atoms with van der Waals surface area (Å²) in [5, 5.41) is 12.8. The monoisotopic (exact) mass is 286 g/mol. The Bertz CT molecular complexity index is 358. The summed E-state index contributed by atoms with van der Waals surface area (Å²) in [4.78, 5) is 25.3. The van der Waals surface area contributed by atoms with Crippen molar-refractivity contribution in [1.82, 2.24) is 10.2 Å². The van der Waals surface area contributed by atoms with E-state index in [0.717, 1.165) is 18.6 Å². The summed E-state index contributed by atoms with van der Waals surface area (Å²) in [6, 6.07) is -0.214. The van der Waals surface area contributed by atoms with Gasteiger partial charge in [-0.3, -0.25) is 0 Å². The van der Waals surface area contributed by atoms with E-state index >= 15 is 0 Å². The lowest BCUT2D eigenvalue weighted by atomic mass is 9.93. The first-order valence-corrected chi connectivity index (χ1v) is 8.05. The van der Waals surface area contributed by atoms with Crippen LogP contribution in [0.15, 0.2) is 0 Å². The molecule has 108 valence electrons. The van der Waals surface area contributed by atoms with Gasteiger partial charge in [0.15, 0.2) is 0 Å². The van der Waals surface area contributed by atoms with Crippen molar-refractivity contribution in [2.75, 3.05) is 18.8 Å². The topological polar surface area (TPSA) is 69.6 Å². The highest BCUT2D eigenvalue weighted by Crippen LogP contribution is 2.33. The summed E-state index contributed by atoms with van der Waals surface area (Å²) in [7, 11) is 0. The SMILES string of the molecule is CCC1(C(=O)O)CCCN1C(=O)NCC1CCCS1. The number of carboxylic acids is 1. The van der Waals surface area contributed by atoms with Gasteiger partial charge in [0, 0.05) is 18.3 Å². The predicted octanol–water partition coefficient (Wildman–Crippen LogP) is 1.92. The van der Waals surface area contributed by atoms with E-state index in [0.29, 0.717) is 31.2 Å². The molecule has 5 nitrogen and oxygen atoms in total. The van der Waals surface area contributed by atoms with Crippen LogP contribution < -0.4 is 5.32 Å². The van der Waals surface area contributed by atoms with Crippen LogP contribution in [0.2, 0.25) is 0 Å². The van der Waals surface area contributed by atoms with E-state index in [4.69, 9.17) is 0 Å². The van der Waals surface area contributed by atoms with Crippen molar-refractivity contribution >= 4 is 23.8 Å². The molecule has 2 unspecified atom stereocenters. The number of thioether (sulfide) groups is 1. The fourth-order valence-corrected chi connectivity index (χ4v) is 4.22. The Labute approximate surface area is 118 Å². The molecule has 6 heteroatoms. The van der Waals surface area contributed by atoms with Gasteiger partial charge in [-0.1, -0.05) is 6.92 Å². The number of urea groups is 1. The normalized spacial score (nSPS) is 30.6. The molecule has 2 saturated heterocycles. The maximum absolute atomic E-state index is 12.2. The van der Waals surface area contributed by atoms with Gasteiger partial charge in [-0.2, -0.15) is 11.8 Å². The molecule has 19 heavy (non-hydrogen) atoms. The van der Waals surface area contributed by atoms with Crippen LogP contribution >= 0.6 is 11.8 Å².